The number of amides is 3. The standard InChI is InChI=1S/C34H41N5O4/c1-3-43-33(42)39-14-10-22(11-15-39)23-4-5-24-20-34(21-25(24)18-23)12-16-38(17-13-34)26-6-7-27-29(19-26)37(2)36-31(27)28-8-9-30(40)35-32(28)41/h4-7,18-19,22,28H,3,8-17,20-21H2,1-2H3,(H,35,40,41). The normalized spacial score (nSPS) is 22.2. The maximum absolute atomic E-state index is 12.5. The number of nitrogens with one attached hydrogen (secondary N) is 1. The zero-order valence-corrected chi connectivity index (χ0v) is 25.2. The molecule has 7 rings (SSSR count). The average molecular weight is 584 g/mol. The molecule has 3 aromatic rings. The van der Waals surface area contributed by atoms with Crippen LogP contribution in [0.4, 0.5) is 10.5 Å². The number of carbonyl (C=O) groups is 3. The van der Waals surface area contributed by atoms with Crippen molar-refractivity contribution in [3.05, 3.63) is 58.8 Å². The van der Waals surface area contributed by atoms with Crippen LogP contribution in [0.1, 0.15) is 79.7 Å². The number of hydrogen-bond acceptors (Lipinski definition) is 6. The van der Waals surface area contributed by atoms with E-state index in [4.69, 9.17) is 9.84 Å². The number of ether oxygens (including phenoxy) is 1. The van der Waals surface area contributed by atoms with Crippen molar-refractivity contribution in [2.24, 2.45) is 12.5 Å². The fourth-order valence-electron chi connectivity index (χ4n) is 7.99. The molecule has 4 heterocycles. The molecular formula is C34H41N5O4. The molecule has 3 saturated heterocycles. The fourth-order valence-corrected chi connectivity index (χ4v) is 7.99. The van der Waals surface area contributed by atoms with Crippen molar-refractivity contribution in [1.29, 1.82) is 0 Å². The first-order valence-corrected chi connectivity index (χ1v) is 15.9. The van der Waals surface area contributed by atoms with Crippen LogP contribution in [0.3, 0.4) is 0 Å². The molecule has 1 spiro atoms. The summed E-state index contributed by atoms with van der Waals surface area (Å²) in [6.07, 6.45) is 7.31. The van der Waals surface area contributed by atoms with Gasteiger partial charge in [-0.3, -0.25) is 19.6 Å². The summed E-state index contributed by atoms with van der Waals surface area (Å²) in [5.74, 6) is -0.327. The Kier molecular flexibility index (Phi) is 7.14. The number of aromatic nitrogens is 2. The van der Waals surface area contributed by atoms with Gasteiger partial charge in [-0.25, -0.2) is 4.79 Å². The van der Waals surface area contributed by atoms with Crippen molar-refractivity contribution in [3.8, 4) is 0 Å². The second-order valence-corrected chi connectivity index (χ2v) is 13.0. The molecule has 1 aromatic heterocycles. The van der Waals surface area contributed by atoms with E-state index >= 15 is 0 Å². The van der Waals surface area contributed by atoms with Crippen LogP contribution in [0.5, 0.6) is 0 Å². The molecule has 1 N–H and O–H groups in total. The van der Waals surface area contributed by atoms with Crippen molar-refractivity contribution >= 4 is 34.5 Å². The van der Waals surface area contributed by atoms with E-state index in [1.165, 1.54) is 35.2 Å². The number of fused-ring (bicyclic) bond motifs is 2. The predicted molar refractivity (Wildman–Crippen MR) is 164 cm³/mol. The summed E-state index contributed by atoms with van der Waals surface area (Å²) >= 11 is 0. The van der Waals surface area contributed by atoms with E-state index in [1.54, 1.807) is 0 Å². The maximum Gasteiger partial charge on any atom is 0.409 e. The molecule has 9 nitrogen and oxygen atoms in total. The van der Waals surface area contributed by atoms with E-state index in [0.29, 0.717) is 30.8 Å². The smallest absolute Gasteiger partial charge is 0.409 e. The SMILES string of the molecule is CCOC(=O)N1CCC(c2ccc3c(c2)CC2(CCN(c4ccc5c(C6CCC(=O)NC6=O)nn(C)c5c4)CC2)C3)CC1. The zero-order valence-electron chi connectivity index (χ0n) is 25.2. The van der Waals surface area contributed by atoms with E-state index in [-0.39, 0.29) is 23.8 Å². The van der Waals surface area contributed by atoms with Crippen LogP contribution in [0, 0.1) is 5.41 Å². The van der Waals surface area contributed by atoms with Crippen molar-refractivity contribution in [3.63, 3.8) is 0 Å². The largest absolute Gasteiger partial charge is 0.450 e. The fraction of sp³-hybridized carbons (Fsp3) is 0.529. The molecule has 2 aromatic carbocycles. The summed E-state index contributed by atoms with van der Waals surface area (Å²) in [5.41, 5.74) is 7.78. The molecule has 4 aliphatic rings. The highest BCUT2D eigenvalue weighted by Crippen LogP contribution is 2.46. The lowest BCUT2D eigenvalue weighted by Crippen LogP contribution is -2.40. The molecule has 0 bridgehead atoms. The van der Waals surface area contributed by atoms with Gasteiger partial charge < -0.3 is 14.5 Å². The highest BCUT2D eigenvalue weighted by atomic mass is 16.6. The van der Waals surface area contributed by atoms with Gasteiger partial charge in [0.25, 0.3) is 0 Å². The summed E-state index contributed by atoms with van der Waals surface area (Å²) in [7, 11) is 1.93. The Morgan fingerprint density at radius 1 is 1.00 bits per heavy atom. The van der Waals surface area contributed by atoms with Gasteiger partial charge >= 0.3 is 6.09 Å². The van der Waals surface area contributed by atoms with Gasteiger partial charge in [0, 0.05) is 50.7 Å². The van der Waals surface area contributed by atoms with E-state index in [2.05, 4.69) is 46.6 Å². The van der Waals surface area contributed by atoms with Crippen LogP contribution >= 0.6 is 0 Å². The third-order valence-electron chi connectivity index (χ3n) is 10.5. The van der Waals surface area contributed by atoms with Crippen molar-refractivity contribution < 1.29 is 19.1 Å². The zero-order chi connectivity index (χ0) is 29.7. The minimum Gasteiger partial charge on any atom is -0.450 e. The molecular weight excluding hydrogens is 542 g/mol. The Balaban J connectivity index is 0.999. The Labute approximate surface area is 252 Å². The lowest BCUT2D eigenvalue weighted by molar-refractivity contribution is -0.134. The van der Waals surface area contributed by atoms with Crippen LogP contribution in [-0.4, -0.2) is 65.4 Å². The summed E-state index contributed by atoms with van der Waals surface area (Å²) < 4.78 is 7.06. The van der Waals surface area contributed by atoms with Gasteiger partial charge in [0.05, 0.1) is 23.7 Å². The lowest BCUT2D eigenvalue weighted by atomic mass is 9.76. The Morgan fingerprint density at radius 2 is 1.77 bits per heavy atom. The molecule has 1 unspecified atom stereocenters. The quantitative estimate of drug-likeness (QED) is 0.443. The van der Waals surface area contributed by atoms with Crippen LogP contribution in [0.2, 0.25) is 0 Å². The Hall–Kier alpha value is -3.88. The highest BCUT2D eigenvalue weighted by molar-refractivity contribution is 6.02. The Morgan fingerprint density at radius 3 is 2.51 bits per heavy atom. The van der Waals surface area contributed by atoms with E-state index in [0.717, 1.165) is 68.5 Å². The van der Waals surface area contributed by atoms with E-state index in [1.807, 2.05) is 23.6 Å². The summed E-state index contributed by atoms with van der Waals surface area (Å²) in [6.45, 7) is 5.87. The van der Waals surface area contributed by atoms with Crippen molar-refractivity contribution in [2.45, 2.75) is 70.1 Å². The van der Waals surface area contributed by atoms with Crippen LogP contribution < -0.4 is 10.2 Å². The summed E-state index contributed by atoms with van der Waals surface area (Å²) in [6, 6.07) is 13.7. The number of anilines is 1. The average Bonchev–Trinajstić information content (AvgIpc) is 3.53. The van der Waals surface area contributed by atoms with Gasteiger partial charge in [-0.1, -0.05) is 18.2 Å². The second-order valence-electron chi connectivity index (χ2n) is 13.0. The highest BCUT2D eigenvalue weighted by Gasteiger charge is 2.40. The number of aryl methyl sites for hydroxylation is 1. The van der Waals surface area contributed by atoms with E-state index < -0.39 is 0 Å². The third-order valence-corrected chi connectivity index (χ3v) is 10.5. The number of benzene rings is 2. The van der Waals surface area contributed by atoms with Crippen LogP contribution in [-0.2, 0) is 34.2 Å². The number of nitrogens with zero attached hydrogens (tertiary/aromatic N) is 4. The summed E-state index contributed by atoms with van der Waals surface area (Å²) in [5, 5.41) is 8.18. The van der Waals surface area contributed by atoms with Crippen LogP contribution in [0.15, 0.2) is 36.4 Å². The molecule has 226 valence electrons. The van der Waals surface area contributed by atoms with Crippen LogP contribution in [0.25, 0.3) is 10.9 Å². The molecule has 0 radical (unpaired) electrons. The van der Waals surface area contributed by atoms with Gasteiger partial charge in [0.1, 0.15) is 0 Å². The molecule has 1 atom stereocenters. The maximum atomic E-state index is 12.5. The molecule has 9 heteroatoms. The Bertz CT molecular complexity index is 1580. The molecule has 0 saturated carbocycles. The van der Waals surface area contributed by atoms with Gasteiger partial charge in [0.2, 0.25) is 11.8 Å². The lowest BCUT2D eigenvalue weighted by Gasteiger charge is -2.40. The molecule has 3 fully saturated rings. The first kappa shape index (κ1) is 27.9. The van der Waals surface area contributed by atoms with E-state index in [9.17, 15) is 14.4 Å². The number of carbonyl (C=O) groups excluding carboxylic acids is 3. The second kappa shape index (κ2) is 11.0. The van der Waals surface area contributed by atoms with Gasteiger partial charge in [0.15, 0.2) is 0 Å². The number of likely N-dealkylation sites (tertiary alicyclic amines) is 1. The first-order valence-electron chi connectivity index (χ1n) is 15.9. The van der Waals surface area contributed by atoms with Gasteiger partial charge in [-0.05, 0) is 98.1 Å². The number of rotatable bonds is 4. The third kappa shape index (κ3) is 5.17. The topological polar surface area (TPSA) is 96.8 Å². The first-order chi connectivity index (χ1) is 20.8. The number of hydrogen-bond donors (Lipinski definition) is 1. The number of piperidine rings is 3. The number of imide groups is 1. The molecule has 43 heavy (non-hydrogen) atoms. The minimum atomic E-state index is -0.385. The molecule has 1 aliphatic carbocycles. The van der Waals surface area contributed by atoms with Gasteiger partial charge in [-0.2, -0.15) is 5.10 Å². The van der Waals surface area contributed by atoms with Gasteiger partial charge in [-0.15, -0.1) is 0 Å². The molecule has 3 amide bonds. The molecule has 3 aliphatic heterocycles. The summed E-state index contributed by atoms with van der Waals surface area (Å²) in [4.78, 5) is 40.6. The monoisotopic (exact) mass is 583 g/mol. The van der Waals surface area contributed by atoms with Crippen molar-refractivity contribution in [1.82, 2.24) is 20.0 Å². The predicted octanol–water partition coefficient (Wildman–Crippen LogP) is 4.81. The minimum absolute atomic E-state index is 0.180. The van der Waals surface area contributed by atoms with Crippen molar-refractivity contribution in [2.75, 3.05) is 37.7 Å².